The van der Waals surface area contributed by atoms with Gasteiger partial charge >= 0.3 is 6.18 Å². The van der Waals surface area contributed by atoms with Gasteiger partial charge in [-0.3, -0.25) is 9.79 Å². The van der Waals surface area contributed by atoms with E-state index in [9.17, 15) is 18.0 Å². The molecule has 0 bridgehead atoms. The van der Waals surface area contributed by atoms with Crippen molar-refractivity contribution >= 4 is 23.6 Å². The van der Waals surface area contributed by atoms with Crippen molar-refractivity contribution in [1.82, 2.24) is 15.5 Å². The molecule has 0 aliphatic heterocycles. The van der Waals surface area contributed by atoms with E-state index < -0.39 is 18.6 Å². The molecular formula is C16H23F3N4OS. The fourth-order valence-electron chi connectivity index (χ4n) is 1.89. The second-order valence-electron chi connectivity index (χ2n) is 5.41. The van der Waals surface area contributed by atoms with Crippen molar-refractivity contribution < 1.29 is 18.0 Å². The van der Waals surface area contributed by atoms with Crippen LogP contribution < -0.4 is 10.6 Å². The van der Waals surface area contributed by atoms with Gasteiger partial charge in [0.1, 0.15) is 6.54 Å². The molecule has 1 rings (SSSR count). The molecule has 5 nitrogen and oxygen atoms in total. The van der Waals surface area contributed by atoms with E-state index in [2.05, 4.69) is 15.6 Å². The summed E-state index contributed by atoms with van der Waals surface area (Å²) in [5.74, 6) is -0.291. The first-order valence-corrected chi connectivity index (χ1v) is 8.56. The average Bonchev–Trinajstić information content (AvgIpc) is 2.54. The predicted molar refractivity (Wildman–Crippen MR) is 94.8 cm³/mol. The molecule has 0 aliphatic carbocycles. The Bertz CT molecular complexity index is 566. The topological polar surface area (TPSA) is 56.7 Å². The van der Waals surface area contributed by atoms with E-state index in [0.29, 0.717) is 17.4 Å². The Kier molecular flexibility index (Phi) is 8.60. The zero-order valence-electron chi connectivity index (χ0n) is 14.4. The Hall–Kier alpha value is -1.90. The molecule has 1 unspecified atom stereocenters. The standard InChI is InChI=1S/C16H23F3N4OS/c1-12(25-13-7-5-4-6-8-13)9-21-15(20-2)22-10-14(24)23(3)11-16(17,18)19/h4-8,12H,9-11H2,1-3H3,(H2,20,21,22). The molecule has 2 N–H and O–H groups in total. The number of guanidine groups is 1. The van der Waals surface area contributed by atoms with Crippen LogP contribution in [0.15, 0.2) is 40.2 Å². The minimum Gasteiger partial charge on any atom is -0.355 e. The smallest absolute Gasteiger partial charge is 0.355 e. The Morgan fingerprint density at radius 2 is 1.92 bits per heavy atom. The van der Waals surface area contributed by atoms with E-state index in [1.165, 1.54) is 7.05 Å². The van der Waals surface area contributed by atoms with Crippen LogP contribution in [0, 0.1) is 0 Å². The van der Waals surface area contributed by atoms with E-state index >= 15 is 0 Å². The molecule has 0 saturated heterocycles. The molecule has 1 atom stereocenters. The first-order valence-electron chi connectivity index (χ1n) is 7.68. The lowest BCUT2D eigenvalue weighted by Gasteiger charge is -2.20. The van der Waals surface area contributed by atoms with E-state index in [4.69, 9.17) is 0 Å². The number of rotatable bonds is 7. The third kappa shape index (κ3) is 9.23. The number of amides is 1. The van der Waals surface area contributed by atoms with Crippen molar-refractivity contribution in [3.05, 3.63) is 30.3 Å². The molecule has 1 aromatic rings. The molecule has 1 amide bonds. The summed E-state index contributed by atoms with van der Waals surface area (Å²) in [6, 6.07) is 9.91. The largest absolute Gasteiger partial charge is 0.406 e. The fraction of sp³-hybridized carbons (Fsp3) is 0.500. The summed E-state index contributed by atoms with van der Waals surface area (Å²) in [5.41, 5.74) is 0. The molecule has 0 heterocycles. The number of hydrogen-bond donors (Lipinski definition) is 2. The molecular weight excluding hydrogens is 353 g/mol. The summed E-state index contributed by atoms with van der Waals surface area (Å²) in [6.45, 7) is 1.10. The number of benzene rings is 1. The minimum atomic E-state index is -4.41. The third-order valence-corrected chi connectivity index (χ3v) is 4.22. The first-order chi connectivity index (χ1) is 11.7. The van der Waals surface area contributed by atoms with Crippen LogP contribution >= 0.6 is 11.8 Å². The van der Waals surface area contributed by atoms with E-state index in [0.717, 1.165) is 11.9 Å². The monoisotopic (exact) mass is 376 g/mol. The average molecular weight is 376 g/mol. The SMILES string of the molecule is CN=C(NCC(=O)N(C)CC(F)(F)F)NCC(C)Sc1ccccc1. The number of likely N-dealkylation sites (N-methyl/N-ethyl adjacent to an activating group) is 1. The highest BCUT2D eigenvalue weighted by atomic mass is 32.2. The molecule has 0 saturated carbocycles. The van der Waals surface area contributed by atoms with Crippen LogP contribution in [0.3, 0.4) is 0 Å². The van der Waals surface area contributed by atoms with Crippen molar-refractivity contribution in [2.75, 3.05) is 33.7 Å². The maximum Gasteiger partial charge on any atom is 0.406 e. The number of carbonyl (C=O) groups is 1. The zero-order valence-corrected chi connectivity index (χ0v) is 15.2. The number of thioether (sulfide) groups is 1. The molecule has 9 heteroatoms. The van der Waals surface area contributed by atoms with E-state index in [1.54, 1.807) is 11.8 Å². The van der Waals surface area contributed by atoms with Crippen LogP contribution in [-0.2, 0) is 4.79 Å². The first kappa shape index (κ1) is 21.1. The van der Waals surface area contributed by atoms with Crippen LogP contribution in [0.1, 0.15) is 6.92 Å². The molecule has 0 fully saturated rings. The van der Waals surface area contributed by atoms with Crippen molar-refractivity contribution in [2.24, 2.45) is 4.99 Å². The number of nitrogens with zero attached hydrogens (tertiary/aromatic N) is 2. The maximum absolute atomic E-state index is 12.3. The van der Waals surface area contributed by atoms with Crippen molar-refractivity contribution in [3.8, 4) is 0 Å². The Morgan fingerprint density at radius 1 is 1.28 bits per heavy atom. The number of halogens is 3. The second-order valence-corrected chi connectivity index (χ2v) is 6.93. The Balaban J connectivity index is 2.36. The normalized spacial score (nSPS) is 13.3. The Labute approximate surface area is 150 Å². The van der Waals surface area contributed by atoms with Crippen LogP contribution in [0.2, 0.25) is 0 Å². The molecule has 0 radical (unpaired) electrons. The summed E-state index contributed by atoms with van der Waals surface area (Å²) < 4.78 is 36.8. The number of carbonyl (C=O) groups excluding carboxylic acids is 1. The van der Waals surface area contributed by atoms with Gasteiger partial charge in [0.15, 0.2) is 5.96 Å². The van der Waals surface area contributed by atoms with Gasteiger partial charge in [0, 0.05) is 30.8 Å². The molecule has 0 spiro atoms. The fourth-order valence-corrected chi connectivity index (χ4v) is 2.83. The summed E-state index contributed by atoms with van der Waals surface area (Å²) in [7, 11) is 2.65. The number of aliphatic imine (C=N–C) groups is 1. The van der Waals surface area contributed by atoms with Gasteiger partial charge < -0.3 is 15.5 Å². The molecule has 1 aromatic carbocycles. The van der Waals surface area contributed by atoms with E-state index in [1.807, 2.05) is 37.3 Å². The molecule has 0 aliphatic rings. The summed E-state index contributed by atoms with van der Waals surface area (Å²) in [6.07, 6.45) is -4.41. The summed E-state index contributed by atoms with van der Waals surface area (Å²) in [4.78, 5) is 17.4. The summed E-state index contributed by atoms with van der Waals surface area (Å²) in [5, 5.41) is 6.02. The van der Waals surface area contributed by atoms with Gasteiger partial charge in [0.2, 0.25) is 5.91 Å². The highest BCUT2D eigenvalue weighted by Gasteiger charge is 2.31. The van der Waals surface area contributed by atoms with Gasteiger partial charge in [-0.25, -0.2) is 0 Å². The van der Waals surface area contributed by atoms with Gasteiger partial charge in [-0.05, 0) is 12.1 Å². The number of alkyl halides is 3. The minimum absolute atomic E-state index is 0.240. The van der Waals surface area contributed by atoms with Gasteiger partial charge in [0.05, 0.1) is 6.54 Å². The molecule has 25 heavy (non-hydrogen) atoms. The zero-order chi connectivity index (χ0) is 18.9. The quantitative estimate of drug-likeness (QED) is 0.436. The van der Waals surface area contributed by atoms with Crippen LogP contribution in [0.25, 0.3) is 0 Å². The van der Waals surface area contributed by atoms with Gasteiger partial charge in [-0.15, -0.1) is 11.8 Å². The third-order valence-electron chi connectivity index (χ3n) is 3.11. The van der Waals surface area contributed by atoms with Crippen LogP contribution in [-0.4, -0.2) is 61.9 Å². The van der Waals surface area contributed by atoms with Gasteiger partial charge in [-0.2, -0.15) is 13.2 Å². The summed E-state index contributed by atoms with van der Waals surface area (Å²) >= 11 is 1.69. The Morgan fingerprint density at radius 3 is 2.48 bits per heavy atom. The molecule has 0 aromatic heterocycles. The van der Waals surface area contributed by atoms with E-state index in [-0.39, 0.29) is 11.8 Å². The molecule has 140 valence electrons. The predicted octanol–water partition coefficient (Wildman–Crippen LogP) is 2.35. The van der Waals surface area contributed by atoms with Gasteiger partial charge in [-0.1, -0.05) is 25.1 Å². The van der Waals surface area contributed by atoms with Crippen molar-refractivity contribution in [3.63, 3.8) is 0 Å². The lowest BCUT2D eigenvalue weighted by molar-refractivity contribution is -0.157. The highest BCUT2D eigenvalue weighted by molar-refractivity contribution is 8.00. The lowest BCUT2D eigenvalue weighted by Crippen LogP contribution is -2.46. The number of hydrogen-bond acceptors (Lipinski definition) is 3. The maximum atomic E-state index is 12.3. The number of nitrogens with one attached hydrogen (secondary N) is 2. The second kappa shape index (κ2) is 10.2. The van der Waals surface area contributed by atoms with Gasteiger partial charge in [0.25, 0.3) is 0 Å². The van der Waals surface area contributed by atoms with Crippen LogP contribution in [0.4, 0.5) is 13.2 Å². The lowest BCUT2D eigenvalue weighted by atomic mass is 10.4. The van der Waals surface area contributed by atoms with Crippen molar-refractivity contribution in [2.45, 2.75) is 23.2 Å². The van der Waals surface area contributed by atoms with Crippen LogP contribution in [0.5, 0.6) is 0 Å². The van der Waals surface area contributed by atoms with Crippen molar-refractivity contribution in [1.29, 1.82) is 0 Å². The highest BCUT2D eigenvalue weighted by Crippen LogP contribution is 2.21.